The van der Waals surface area contributed by atoms with Gasteiger partial charge in [-0.25, -0.2) is 8.78 Å². The minimum Gasteiger partial charge on any atom is -0.391 e. The van der Waals surface area contributed by atoms with Crippen LogP contribution in [0.15, 0.2) is 12.1 Å². The Hall–Kier alpha value is -0.810. The first kappa shape index (κ1) is 12.3. The van der Waals surface area contributed by atoms with E-state index in [0.717, 1.165) is 18.2 Å². The summed E-state index contributed by atoms with van der Waals surface area (Å²) < 4.78 is 29.2. The highest BCUT2D eigenvalue weighted by atomic mass is 32.2. The van der Waals surface area contributed by atoms with Crippen LogP contribution in [0.2, 0.25) is 0 Å². The molecular formula is C10H13F2NOS. The average Bonchev–Trinajstić information content (AvgIpc) is 2.22. The summed E-state index contributed by atoms with van der Waals surface area (Å²) in [4.78, 5) is 0. The number of aliphatic hydroxyl groups is 1. The minimum absolute atomic E-state index is 0.207. The quantitative estimate of drug-likeness (QED) is 0.606. The number of nitrogens with one attached hydrogen (secondary N) is 1. The molecule has 0 fully saturated rings. The van der Waals surface area contributed by atoms with E-state index in [2.05, 4.69) is 4.72 Å². The van der Waals surface area contributed by atoms with Crippen molar-refractivity contribution in [3.05, 3.63) is 29.3 Å². The molecule has 2 nitrogen and oxygen atoms in total. The van der Waals surface area contributed by atoms with Gasteiger partial charge in [-0.15, -0.1) is 0 Å². The summed E-state index contributed by atoms with van der Waals surface area (Å²) in [5.41, 5.74) is -0.0870. The lowest BCUT2D eigenvalue weighted by Crippen LogP contribution is -2.00. The van der Waals surface area contributed by atoms with Gasteiger partial charge >= 0.3 is 0 Å². The molecule has 0 aliphatic heterocycles. The van der Waals surface area contributed by atoms with Crippen LogP contribution in [0.25, 0.3) is 0 Å². The lowest BCUT2D eigenvalue weighted by atomic mass is 10.2. The monoisotopic (exact) mass is 233 g/mol. The van der Waals surface area contributed by atoms with Crippen molar-refractivity contribution in [2.75, 3.05) is 10.5 Å². The maximum absolute atomic E-state index is 13.5. The van der Waals surface area contributed by atoms with Crippen LogP contribution in [0.5, 0.6) is 0 Å². The van der Waals surface area contributed by atoms with Crippen molar-refractivity contribution in [1.29, 1.82) is 0 Å². The van der Waals surface area contributed by atoms with Crippen molar-refractivity contribution >= 4 is 17.6 Å². The first-order valence-corrected chi connectivity index (χ1v) is 5.64. The van der Waals surface area contributed by atoms with Crippen LogP contribution in [0.4, 0.5) is 14.5 Å². The van der Waals surface area contributed by atoms with Gasteiger partial charge in [0.05, 0.1) is 17.9 Å². The number of aliphatic hydroxyl groups excluding tert-OH is 1. The molecule has 84 valence electrons. The zero-order valence-electron chi connectivity index (χ0n) is 8.39. The smallest absolute Gasteiger partial charge is 0.155 e. The summed E-state index contributed by atoms with van der Waals surface area (Å²) in [5, 5.41) is 8.78. The number of hydrogen-bond donors (Lipinski definition) is 2. The van der Waals surface area contributed by atoms with Gasteiger partial charge in [0.1, 0.15) is 5.82 Å². The standard InChI is InChI=1S/C10H13F2NOS/c1-2-5-15-13-9-4-3-8(11)7(6-14)10(9)12/h3-4,13-14H,2,5-6H2,1H3. The van der Waals surface area contributed by atoms with Gasteiger partial charge in [-0.2, -0.15) is 0 Å². The molecule has 0 saturated heterocycles. The van der Waals surface area contributed by atoms with Gasteiger partial charge in [-0.05, 0) is 18.6 Å². The van der Waals surface area contributed by atoms with E-state index in [9.17, 15) is 8.78 Å². The summed E-state index contributed by atoms with van der Waals surface area (Å²) in [6.45, 7) is 1.38. The topological polar surface area (TPSA) is 32.3 Å². The number of anilines is 1. The Morgan fingerprint density at radius 3 is 2.73 bits per heavy atom. The van der Waals surface area contributed by atoms with Crippen LogP contribution in [-0.2, 0) is 6.61 Å². The van der Waals surface area contributed by atoms with E-state index in [1.807, 2.05) is 6.92 Å². The van der Waals surface area contributed by atoms with Crippen LogP contribution in [-0.4, -0.2) is 10.9 Å². The fourth-order valence-electron chi connectivity index (χ4n) is 1.05. The zero-order chi connectivity index (χ0) is 11.3. The summed E-state index contributed by atoms with van der Waals surface area (Å²) in [6.07, 6.45) is 0.966. The Morgan fingerprint density at radius 2 is 2.13 bits per heavy atom. The van der Waals surface area contributed by atoms with E-state index in [4.69, 9.17) is 5.11 Å². The normalized spacial score (nSPS) is 10.4. The highest BCUT2D eigenvalue weighted by Gasteiger charge is 2.12. The first-order chi connectivity index (χ1) is 7.20. The lowest BCUT2D eigenvalue weighted by Gasteiger charge is -2.09. The van der Waals surface area contributed by atoms with Crippen molar-refractivity contribution in [1.82, 2.24) is 0 Å². The Bertz CT molecular complexity index is 333. The molecule has 0 saturated carbocycles. The van der Waals surface area contributed by atoms with Crippen molar-refractivity contribution < 1.29 is 13.9 Å². The molecule has 1 aromatic rings. The molecule has 0 radical (unpaired) electrons. The molecule has 0 heterocycles. The van der Waals surface area contributed by atoms with E-state index >= 15 is 0 Å². The van der Waals surface area contributed by atoms with Crippen LogP contribution >= 0.6 is 11.9 Å². The predicted molar refractivity (Wildman–Crippen MR) is 58.7 cm³/mol. The molecule has 0 bridgehead atoms. The van der Waals surface area contributed by atoms with Crippen molar-refractivity contribution in [2.45, 2.75) is 20.0 Å². The number of halogens is 2. The number of rotatable bonds is 5. The first-order valence-electron chi connectivity index (χ1n) is 4.66. The third-order valence-electron chi connectivity index (χ3n) is 1.83. The van der Waals surface area contributed by atoms with Crippen molar-refractivity contribution in [3.63, 3.8) is 0 Å². The zero-order valence-corrected chi connectivity index (χ0v) is 9.20. The Balaban J connectivity index is 2.80. The molecule has 0 unspecified atom stereocenters. The molecule has 15 heavy (non-hydrogen) atoms. The molecule has 0 spiro atoms. The highest BCUT2D eigenvalue weighted by molar-refractivity contribution is 8.00. The van der Waals surface area contributed by atoms with E-state index in [1.165, 1.54) is 18.0 Å². The summed E-state index contributed by atoms with van der Waals surface area (Å²) in [5.74, 6) is -0.604. The van der Waals surface area contributed by atoms with Gasteiger partial charge in [0, 0.05) is 5.75 Å². The van der Waals surface area contributed by atoms with Crippen LogP contribution in [0.1, 0.15) is 18.9 Å². The summed E-state index contributed by atoms with van der Waals surface area (Å²) in [6, 6.07) is 2.47. The van der Waals surface area contributed by atoms with E-state index in [0.29, 0.717) is 0 Å². The molecule has 1 aromatic carbocycles. The van der Waals surface area contributed by atoms with Crippen LogP contribution in [0.3, 0.4) is 0 Å². The molecule has 0 aromatic heterocycles. The fraction of sp³-hybridized carbons (Fsp3) is 0.400. The van der Waals surface area contributed by atoms with E-state index in [-0.39, 0.29) is 11.3 Å². The predicted octanol–water partition coefficient (Wildman–Crippen LogP) is 2.93. The second-order valence-corrected chi connectivity index (χ2v) is 3.90. The van der Waals surface area contributed by atoms with Gasteiger partial charge in [0.15, 0.2) is 5.82 Å². The van der Waals surface area contributed by atoms with Crippen molar-refractivity contribution in [3.8, 4) is 0 Å². The van der Waals surface area contributed by atoms with Gasteiger partial charge < -0.3 is 9.83 Å². The molecule has 1 rings (SSSR count). The molecule has 0 aliphatic rings. The summed E-state index contributed by atoms with van der Waals surface area (Å²) >= 11 is 1.35. The Morgan fingerprint density at radius 1 is 1.40 bits per heavy atom. The maximum atomic E-state index is 13.5. The Labute approximate surface area is 91.8 Å². The number of hydrogen-bond acceptors (Lipinski definition) is 3. The fourth-order valence-corrected chi connectivity index (χ4v) is 1.67. The molecule has 5 heteroatoms. The van der Waals surface area contributed by atoms with Gasteiger partial charge in [-0.3, -0.25) is 0 Å². The average molecular weight is 233 g/mol. The SMILES string of the molecule is CCCSNc1ccc(F)c(CO)c1F. The minimum atomic E-state index is -0.721. The van der Waals surface area contributed by atoms with Gasteiger partial charge in [0.25, 0.3) is 0 Å². The van der Waals surface area contributed by atoms with E-state index in [1.54, 1.807) is 0 Å². The van der Waals surface area contributed by atoms with Gasteiger partial charge in [0.2, 0.25) is 0 Å². The third-order valence-corrected chi connectivity index (χ3v) is 2.81. The lowest BCUT2D eigenvalue weighted by molar-refractivity contribution is 0.269. The van der Waals surface area contributed by atoms with Crippen molar-refractivity contribution in [2.24, 2.45) is 0 Å². The largest absolute Gasteiger partial charge is 0.391 e. The molecule has 0 atom stereocenters. The Kier molecular flexibility index (Phi) is 4.84. The molecule has 2 N–H and O–H groups in total. The second-order valence-electron chi connectivity index (χ2n) is 3.00. The molecule has 0 amide bonds. The molecule has 0 aliphatic carbocycles. The summed E-state index contributed by atoms with van der Waals surface area (Å²) in [7, 11) is 0. The van der Waals surface area contributed by atoms with Gasteiger partial charge in [-0.1, -0.05) is 18.9 Å². The van der Waals surface area contributed by atoms with Crippen LogP contribution in [0, 0.1) is 11.6 Å². The third kappa shape index (κ3) is 3.07. The molecular weight excluding hydrogens is 220 g/mol. The maximum Gasteiger partial charge on any atom is 0.155 e. The highest BCUT2D eigenvalue weighted by Crippen LogP contribution is 2.23. The van der Waals surface area contributed by atoms with E-state index < -0.39 is 18.2 Å². The van der Waals surface area contributed by atoms with Crippen LogP contribution < -0.4 is 4.72 Å². The number of benzene rings is 1. The second kappa shape index (κ2) is 5.92.